The lowest BCUT2D eigenvalue weighted by Crippen LogP contribution is -2.26. The van der Waals surface area contributed by atoms with Gasteiger partial charge in [0.2, 0.25) is 5.91 Å². The average molecular weight is 357 g/mol. The predicted octanol–water partition coefficient (Wildman–Crippen LogP) is 0.594. The number of hydrogen-bond donors (Lipinski definition) is 1. The first-order valence-corrected chi connectivity index (χ1v) is 8.52. The number of aryl methyl sites for hydroxylation is 1. The third kappa shape index (κ3) is 5.36. The molecule has 0 aliphatic carbocycles. The molecule has 7 heteroatoms. The second kappa shape index (κ2) is 8.34. The number of benzene rings is 2. The molecule has 2 aromatic rings. The van der Waals surface area contributed by atoms with E-state index in [0.717, 1.165) is 29.3 Å². The highest BCUT2D eigenvalue weighted by molar-refractivity contribution is 7.99. The summed E-state index contributed by atoms with van der Waals surface area (Å²) >= 11 is 1.40. The molecule has 0 saturated heterocycles. The number of hydrogen-bond acceptors (Lipinski definition) is 6. The zero-order valence-corrected chi connectivity index (χ0v) is 14.2. The number of rotatable bonds is 7. The summed E-state index contributed by atoms with van der Waals surface area (Å²) < 4.78 is 0. The minimum Gasteiger partial charge on any atom is -0.545 e. The van der Waals surface area contributed by atoms with Gasteiger partial charge < -0.3 is 25.1 Å². The van der Waals surface area contributed by atoms with E-state index in [1.54, 1.807) is 0 Å². The van der Waals surface area contributed by atoms with Crippen molar-refractivity contribution in [2.24, 2.45) is 0 Å². The zero-order chi connectivity index (χ0) is 18.4. The van der Waals surface area contributed by atoms with Crippen molar-refractivity contribution in [3.63, 3.8) is 0 Å². The summed E-state index contributed by atoms with van der Waals surface area (Å²) in [6.45, 7) is 1.99. The molecule has 0 unspecified atom stereocenters. The fourth-order valence-corrected chi connectivity index (χ4v) is 3.06. The molecule has 0 bridgehead atoms. The van der Waals surface area contributed by atoms with Gasteiger partial charge in [-0.1, -0.05) is 24.3 Å². The average Bonchev–Trinajstić information content (AvgIpc) is 2.56. The van der Waals surface area contributed by atoms with E-state index >= 15 is 0 Å². The Balaban J connectivity index is 1.99. The highest BCUT2D eigenvalue weighted by Gasteiger charge is 2.08. The van der Waals surface area contributed by atoms with Gasteiger partial charge in [-0.15, -0.1) is 11.8 Å². The van der Waals surface area contributed by atoms with Gasteiger partial charge in [-0.2, -0.15) is 0 Å². The van der Waals surface area contributed by atoms with Crippen LogP contribution in [0.15, 0.2) is 42.5 Å². The molecule has 2 aromatic carbocycles. The highest BCUT2D eigenvalue weighted by Crippen LogP contribution is 2.18. The van der Waals surface area contributed by atoms with Crippen LogP contribution in [0.5, 0.6) is 0 Å². The third-order valence-corrected chi connectivity index (χ3v) is 4.42. The van der Waals surface area contributed by atoms with Crippen LogP contribution in [-0.4, -0.2) is 23.6 Å². The van der Waals surface area contributed by atoms with Crippen LogP contribution in [0, 0.1) is 6.92 Å². The number of anilines is 1. The van der Waals surface area contributed by atoms with Gasteiger partial charge in [0.05, 0.1) is 17.7 Å². The van der Waals surface area contributed by atoms with E-state index in [0.29, 0.717) is 5.75 Å². The molecule has 0 saturated carbocycles. The largest absolute Gasteiger partial charge is 0.545 e. The van der Waals surface area contributed by atoms with Crippen molar-refractivity contribution in [2.75, 3.05) is 11.1 Å². The van der Waals surface area contributed by atoms with E-state index in [-0.39, 0.29) is 28.5 Å². The number of thioether (sulfide) groups is 1. The molecule has 1 amide bonds. The number of aromatic carboxylic acids is 2. The molecule has 130 valence electrons. The molecule has 0 fully saturated rings. The Bertz CT molecular complexity index is 787. The molecule has 0 radical (unpaired) electrons. The number of nitrogens with one attached hydrogen (secondary N) is 1. The van der Waals surface area contributed by atoms with Crippen molar-refractivity contribution in [1.82, 2.24) is 0 Å². The van der Waals surface area contributed by atoms with E-state index in [1.165, 1.54) is 11.8 Å². The lowest BCUT2D eigenvalue weighted by molar-refractivity contribution is -0.255. The van der Waals surface area contributed by atoms with E-state index in [2.05, 4.69) is 5.32 Å². The lowest BCUT2D eigenvalue weighted by Gasteiger charge is -2.12. The zero-order valence-electron chi connectivity index (χ0n) is 13.4. The van der Waals surface area contributed by atoms with Gasteiger partial charge in [0.25, 0.3) is 0 Å². The molecule has 0 aromatic heterocycles. The molecule has 0 heterocycles. The maximum absolute atomic E-state index is 12.0. The second-order valence-electron chi connectivity index (χ2n) is 5.34. The molecular weight excluding hydrogens is 342 g/mol. The highest BCUT2D eigenvalue weighted by atomic mass is 32.2. The normalized spacial score (nSPS) is 10.3. The molecular formula is C18H15NO5S-2. The predicted molar refractivity (Wildman–Crippen MR) is 91.1 cm³/mol. The van der Waals surface area contributed by atoms with Gasteiger partial charge in [0.15, 0.2) is 0 Å². The van der Waals surface area contributed by atoms with Crippen molar-refractivity contribution >= 4 is 35.3 Å². The van der Waals surface area contributed by atoms with Crippen molar-refractivity contribution in [3.05, 3.63) is 64.7 Å². The first kappa shape index (κ1) is 18.5. The van der Waals surface area contributed by atoms with Gasteiger partial charge >= 0.3 is 0 Å². The lowest BCUT2D eigenvalue weighted by atomic mass is 10.1. The molecule has 0 aliphatic heterocycles. The molecule has 6 nitrogen and oxygen atoms in total. The molecule has 0 spiro atoms. The maximum atomic E-state index is 12.0. The van der Waals surface area contributed by atoms with Crippen LogP contribution in [0.4, 0.5) is 5.69 Å². The molecule has 0 aliphatic rings. The Labute approximate surface area is 148 Å². The summed E-state index contributed by atoms with van der Waals surface area (Å²) in [6.07, 6.45) is 0. The van der Waals surface area contributed by atoms with Gasteiger partial charge in [-0.25, -0.2) is 0 Å². The topological polar surface area (TPSA) is 109 Å². The number of carboxylic acids is 2. The maximum Gasteiger partial charge on any atom is 0.234 e. The van der Waals surface area contributed by atoms with Gasteiger partial charge in [-0.05, 0) is 47.4 Å². The summed E-state index contributed by atoms with van der Waals surface area (Å²) in [7, 11) is 0. The monoisotopic (exact) mass is 357 g/mol. The summed E-state index contributed by atoms with van der Waals surface area (Å²) in [5.74, 6) is -2.63. The number of carboxylic acid groups (broad SMARTS) is 2. The first-order valence-electron chi connectivity index (χ1n) is 7.36. The molecule has 1 N–H and O–H groups in total. The Morgan fingerprint density at radius 3 is 2.16 bits per heavy atom. The van der Waals surface area contributed by atoms with Crippen LogP contribution < -0.4 is 15.5 Å². The Hall–Kier alpha value is -2.80. The second-order valence-corrected chi connectivity index (χ2v) is 6.33. The smallest absolute Gasteiger partial charge is 0.234 e. The van der Waals surface area contributed by atoms with Gasteiger partial charge in [0.1, 0.15) is 0 Å². The Morgan fingerprint density at radius 2 is 1.60 bits per heavy atom. The summed E-state index contributed by atoms with van der Waals surface area (Å²) in [4.78, 5) is 33.9. The first-order chi connectivity index (χ1) is 11.9. The van der Waals surface area contributed by atoms with Crippen molar-refractivity contribution < 1.29 is 24.6 Å². The fourth-order valence-electron chi connectivity index (χ4n) is 2.16. The van der Waals surface area contributed by atoms with Crippen LogP contribution >= 0.6 is 11.8 Å². The Morgan fingerprint density at radius 1 is 1.00 bits per heavy atom. The third-order valence-electron chi connectivity index (χ3n) is 3.44. The van der Waals surface area contributed by atoms with E-state index in [4.69, 9.17) is 0 Å². The molecule has 25 heavy (non-hydrogen) atoms. The minimum atomic E-state index is -1.53. The van der Waals surface area contributed by atoms with Crippen LogP contribution in [0.1, 0.15) is 31.8 Å². The Kier molecular flexibility index (Phi) is 6.19. The van der Waals surface area contributed by atoms with E-state index < -0.39 is 11.9 Å². The van der Waals surface area contributed by atoms with E-state index in [9.17, 15) is 24.6 Å². The van der Waals surface area contributed by atoms with Crippen LogP contribution in [0.2, 0.25) is 0 Å². The number of carbonyl (C=O) groups excluding carboxylic acids is 3. The summed E-state index contributed by atoms with van der Waals surface area (Å²) in [5.41, 5.74) is 1.64. The van der Waals surface area contributed by atoms with Crippen molar-refractivity contribution in [2.45, 2.75) is 12.7 Å². The van der Waals surface area contributed by atoms with Crippen LogP contribution in [0.25, 0.3) is 0 Å². The number of amides is 1. The molecule has 2 rings (SSSR count). The standard InChI is InChI=1S/C18H17NO5S/c1-11-4-2-3-5-12(11)9-25-10-16(20)19-15-7-13(17(21)22)6-14(8-15)18(23)24/h2-8H,9-10H2,1H3,(H,19,20)(H,21,22)(H,23,24)/p-2. The SMILES string of the molecule is Cc1ccccc1CSCC(=O)Nc1cc(C(=O)[O-])cc(C(=O)[O-])c1. The summed E-state index contributed by atoms with van der Waals surface area (Å²) in [6, 6.07) is 11.1. The van der Waals surface area contributed by atoms with Gasteiger partial charge in [-0.3, -0.25) is 4.79 Å². The quantitative estimate of drug-likeness (QED) is 0.777. The van der Waals surface area contributed by atoms with E-state index in [1.807, 2.05) is 31.2 Å². The minimum absolute atomic E-state index is 0.0717. The molecule has 0 atom stereocenters. The van der Waals surface area contributed by atoms with Crippen molar-refractivity contribution in [3.8, 4) is 0 Å². The number of carbonyl (C=O) groups is 3. The summed E-state index contributed by atoms with van der Waals surface area (Å²) in [5, 5.41) is 24.4. The van der Waals surface area contributed by atoms with Crippen LogP contribution in [-0.2, 0) is 10.5 Å². The van der Waals surface area contributed by atoms with Gasteiger partial charge in [0, 0.05) is 11.4 Å². The fraction of sp³-hybridized carbons (Fsp3) is 0.167. The van der Waals surface area contributed by atoms with Crippen LogP contribution in [0.3, 0.4) is 0 Å². The van der Waals surface area contributed by atoms with Crippen molar-refractivity contribution in [1.29, 1.82) is 0 Å².